The van der Waals surface area contributed by atoms with Crippen molar-refractivity contribution in [1.82, 2.24) is 4.90 Å². The van der Waals surface area contributed by atoms with Crippen molar-refractivity contribution in [3.05, 3.63) is 59.2 Å². The molecule has 0 bridgehead atoms. The van der Waals surface area contributed by atoms with Crippen LogP contribution in [-0.4, -0.2) is 42.6 Å². The Bertz CT molecular complexity index is 848. The Balaban J connectivity index is 1.79. The lowest BCUT2D eigenvalue weighted by atomic mass is 10.0. The van der Waals surface area contributed by atoms with Gasteiger partial charge in [0.1, 0.15) is 0 Å². The van der Waals surface area contributed by atoms with E-state index in [0.717, 1.165) is 18.4 Å². The topological polar surface area (TPSA) is 76.1 Å². The number of methoxy groups -OCH3 is 2. The van der Waals surface area contributed by atoms with Gasteiger partial charge in [-0.1, -0.05) is 18.2 Å². The lowest BCUT2D eigenvalue weighted by Gasteiger charge is -2.26. The van der Waals surface area contributed by atoms with E-state index in [-0.39, 0.29) is 23.9 Å². The Morgan fingerprint density at radius 3 is 2.59 bits per heavy atom. The van der Waals surface area contributed by atoms with Crippen LogP contribution in [0.25, 0.3) is 0 Å². The first kappa shape index (κ1) is 18.8. The Labute approximate surface area is 158 Å². The van der Waals surface area contributed by atoms with Gasteiger partial charge in [-0.15, -0.1) is 0 Å². The minimum atomic E-state index is -0.992. The normalized spacial score (nSPS) is 16.2. The molecule has 0 spiro atoms. The van der Waals surface area contributed by atoms with Gasteiger partial charge in [0.2, 0.25) is 5.91 Å². The maximum Gasteiger partial charge on any atom is 0.335 e. The second-order valence-corrected chi connectivity index (χ2v) is 6.54. The summed E-state index contributed by atoms with van der Waals surface area (Å²) >= 11 is 0. The molecule has 6 nitrogen and oxygen atoms in total. The van der Waals surface area contributed by atoms with Crippen LogP contribution >= 0.6 is 0 Å². The van der Waals surface area contributed by atoms with Crippen LogP contribution in [0.2, 0.25) is 0 Å². The molecule has 1 fully saturated rings. The van der Waals surface area contributed by atoms with Gasteiger partial charge in [-0.2, -0.15) is 0 Å². The molecule has 1 heterocycles. The summed E-state index contributed by atoms with van der Waals surface area (Å²) in [6.45, 7) is 0.691. The van der Waals surface area contributed by atoms with Crippen molar-refractivity contribution in [1.29, 1.82) is 0 Å². The van der Waals surface area contributed by atoms with Crippen molar-refractivity contribution in [3.63, 3.8) is 0 Å². The maximum absolute atomic E-state index is 12.9. The van der Waals surface area contributed by atoms with Crippen LogP contribution in [0.5, 0.6) is 11.5 Å². The Kier molecular flexibility index (Phi) is 5.64. The first-order chi connectivity index (χ1) is 13.0. The van der Waals surface area contributed by atoms with Gasteiger partial charge in [-0.25, -0.2) is 4.79 Å². The van der Waals surface area contributed by atoms with Crippen molar-refractivity contribution >= 4 is 11.9 Å². The lowest BCUT2D eigenvalue weighted by Crippen LogP contribution is -2.31. The second kappa shape index (κ2) is 8.12. The van der Waals surface area contributed by atoms with E-state index in [1.807, 2.05) is 23.1 Å². The number of carboxylic acid groups (broad SMARTS) is 1. The minimum absolute atomic E-state index is 0.00479. The molecule has 0 aromatic heterocycles. The molecule has 142 valence electrons. The van der Waals surface area contributed by atoms with Crippen LogP contribution in [0.4, 0.5) is 0 Å². The van der Waals surface area contributed by atoms with Crippen LogP contribution < -0.4 is 9.47 Å². The average Bonchev–Trinajstić information content (AvgIpc) is 3.17. The number of carboxylic acids is 1. The number of amides is 1. The number of ether oxygens (including phenoxy) is 2. The third-order valence-corrected chi connectivity index (χ3v) is 4.89. The van der Waals surface area contributed by atoms with Crippen LogP contribution in [0.3, 0.4) is 0 Å². The smallest absolute Gasteiger partial charge is 0.335 e. The Morgan fingerprint density at radius 2 is 1.89 bits per heavy atom. The summed E-state index contributed by atoms with van der Waals surface area (Å²) in [5.41, 5.74) is 1.91. The van der Waals surface area contributed by atoms with Crippen LogP contribution in [0.1, 0.15) is 40.4 Å². The van der Waals surface area contributed by atoms with Gasteiger partial charge in [-0.3, -0.25) is 4.79 Å². The van der Waals surface area contributed by atoms with Gasteiger partial charge in [-0.05, 0) is 48.2 Å². The highest BCUT2D eigenvalue weighted by Crippen LogP contribution is 2.37. The number of nitrogens with zero attached hydrogens (tertiary/aromatic N) is 1. The van der Waals surface area contributed by atoms with E-state index < -0.39 is 5.97 Å². The molecule has 1 atom stereocenters. The molecule has 1 unspecified atom stereocenters. The summed E-state index contributed by atoms with van der Waals surface area (Å²) in [6, 6.07) is 12.3. The molecule has 3 rings (SSSR count). The highest BCUT2D eigenvalue weighted by Gasteiger charge is 2.30. The zero-order chi connectivity index (χ0) is 19.4. The fourth-order valence-corrected chi connectivity index (χ4v) is 3.56. The van der Waals surface area contributed by atoms with Crippen molar-refractivity contribution in [3.8, 4) is 11.5 Å². The molecule has 1 amide bonds. The number of likely N-dealkylation sites (tertiary alicyclic amines) is 1. The van der Waals surface area contributed by atoms with Crippen molar-refractivity contribution in [2.75, 3.05) is 20.8 Å². The lowest BCUT2D eigenvalue weighted by molar-refractivity contribution is -0.131. The second-order valence-electron chi connectivity index (χ2n) is 6.54. The van der Waals surface area contributed by atoms with E-state index in [1.165, 1.54) is 6.07 Å². The number of rotatable bonds is 6. The molecular formula is C21H23NO5. The molecule has 0 saturated carbocycles. The van der Waals surface area contributed by atoms with E-state index in [2.05, 4.69) is 0 Å². The number of hydrogen-bond acceptors (Lipinski definition) is 4. The number of hydrogen-bond donors (Lipinski definition) is 1. The number of carbonyl (C=O) groups is 2. The summed E-state index contributed by atoms with van der Waals surface area (Å²) in [4.78, 5) is 25.9. The molecule has 0 aliphatic carbocycles. The number of benzene rings is 2. The summed E-state index contributed by atoms with van der Waals surface area (Å²) in [5, 5.41) is 9.12. The summed E-state index contributed by atoms with van der Waals surface area (Å²) in [5.74, 6) is 0.301. The van der Waals surface area contributed by atoms with E-state index in [1.54, 1.807) is 32.4 Å². The Morgan fingerprint density at radius 1 is 1.11 bits per heavy atom. The molecule has 6 heteroatoms. The average molecular weight is 369 g/mol. The molecule has 2 aromatic carbocycles. The third kappa shape index (κ3) is 4.05. The van der Waals surface area contributed by atoms with E-state index in [9.17, 15) is 9.59 Å². The molecule has 1 saturated heterocycles. The van der Waals surface area contributed by atoms with E-state index in [4.69, 9.17) is 14.6 Å². The standard InChI is InChI=1S/C21H23NO5/c1-26-18-9-8-15(13-19(18)27-2)17-7-4-10-22(17)20(23)12-14-5-3-6-16(11-14)21(24)25/h3,5-6,8-9,11,13,17H,4,7,10,12H2,1-2H3,(H,24,25). The number of aromatic carboxylic acids is 1. The molecule has 1 aliphatic rings. The van der Waals surface area contributed by atoms with Crippen LogP contribution in [0.15, 0.2) is 42.5 Å². The number of carbonyl (C=O) groups excluding carboxylic acids is 1. The predicted molar refractivity (Wildman–Crippen MR) is 100 cm³/mol. The highest BCUT2D eigenvalue weighted by atomic mass is 16.5. The maximum atomic E-state index is 12.9. The molecular weight excluding hydrogens is 346 g/mol. The van der Waals surface area contributed by atoms with Gasteiger partial charge < -0.3 is 19.5 Å². The summed E-state index contributed by atoms with van der Waals surface area (Å²) in [6.07, 6.45) is 2.00. The fourth-order valence-electron chi connectivity index (χ4n) is 3.56. The first-order valence-corrected chi connectivity index (χ1v) is 8.87. The zero-order valence-electron chi connectivity index (χ0n) is 15.5. The Hall–Kier alpha value is -3.02. The molecule has 2 aromatic rings. The van der Waals surface area contributed by atoms with Gasteiger partial charge in [0.25, 0.3) is 0 Å². The first-order valence-electron chi connectivity index (χ1n) is 8.87. The van der Waals surface area contributed by atoms with Crippen LogP contribution in [-0.2, 0) is 11.2 Å². The zero-order valence-corrected chi connectivity index (χ0v) is 15.5. The van der Waals surface area contributed by atoms with Crippen molar-refractivity contribution in [2.45, 2.75) is 25.3 Å². The SMILES string of the molecule is COc1ccc(C2CCCN2C(=O)Cc2cccc(C(=O)O)c2)cc1OC. The predicted octanol–water partition coefficient (Wildman–Crippen LogP) is 3.31. The molecule has 27 heavy (non-hydrogen) atoms. The third-order valence-electron chi connectivity index (χ3n) is 4.89. The summed E-state index contributed by atoms with van der Waals surface area (Å²) < 4.78 is 10.7. The van der Waals surface area contributed by atoms with Gasteiger partial charge in [0.05, 0.1) is 32.2 Å². The van der Waals surface area contributed by atoms with E-state index in [0.29, 0.717) is 23.6 Å². The minimum Gasteiger partial charge on any atom is -0.493 e. The largest absolute Gasteiger partial charge is 0.493 e. The molecule has 1 N–H and O–H groups in total. The van der Waals surface area contributed by atoms with Crippen LogP contribution in [0, 0.1) is 0 Å². The van der Waals surface area contributed by atoms with Gasteiger partial charge in [0.15, 0.2) is 11.5 Å². The van der Waals surface area contributed by atoms with Crippen molar-refractivity contribution < 1.29 is 24.2 Å². The quantitative estimate of drug-likeness (QED) is 0.845. The van der Waals surface area contributed by atoms with Crippen molar-refractivity contribution in [2.24, 2.45) is 0 Å². The summed E-state index contributed by atoms with van der Waals surface area (Å²) in [7, 11) is 3.18. The highest BCUT2D eigenvalue weighted by molar-refractivity contribution is 5.88. The van der Waals surface area contributed by atoms with Gasteiger partial charge >= 0.3 is 5.97 Å². The monoisotopic (exact) mass is 369 g/mol. The molecule has 1 aliphatic heterocycles. The van der Waals surface area contributed by atoms with E-state index >= 15 is 0 Å². The fraction of sp³-hybridized carbons (Fsp3) is 0.333. The van der Waals surface area contributed by atoms with Gasteiger partial charge in [0, 0.05) is 6.54 Å². The molecule has 0 radical (unpaired) electrons.